The monoisotopic (exact) mass is 420 g/mol. The van der Waals surface area contributed by atoms with Gasteiger partial charge in [-0.15, -0.1) is 13.2 Å². The van der Waals surface area contributed by atoms with Crippen molar-refractivity contribution in [3.8, 4) is 5.75 Å². The molecular formula is C21H16F4N2O3. The fourth-order valence-corrected chi connectivity index (χ4v) is 2.75. The van der Waals surface area contributed by atoms with E-state index in [0.29, 0.717) is 16.8 Å². The Morgan fingerprint density at radius 3 is 2.50 bits per heavy atom. The first-order valence-corrected chi connectivity index (χ1v) is 8.71. The number of rotatable bonds is 6. The van der Waals surface area contributed by atoms with Crippen molar-refractivity contribution in [1.29, 1.82) is 0 Å². The van der Waals surface area contributed by atoms with Crippen molar-refractivity contribution >= 4 is 17.9 Å². The molecule has 0 aliphatic rings. The standard InChI is InChI=1S/C21H16F4N2O3/c1-13-9-19(26-27(13)12-15-3-2-4-16(10-15)20(28)29)18(22)11-14-5-7-17(8-6-14)30-21(23,24)25/h2-11H,12H2,1H3,(H,28,29). The first-order chi connectivity index (χ1) is 14.1. The van der Waals surface area contributed by atoms with Gasteiger partial charge in [0.25, 0.3) is 0 Å². The van der Waals surface area contributed by atoms with Crippen molar-refractivity contribution in [1.82, 2.24) is 9.78 Å². The van der Waals surface area contributed by atoms with Gasteiger partial charge in [0.1, 0.15) is 11.4 Å². The lowest BCUT2D eigenvalue weighted by Crippen LogP contribution is -2.16. The minimum Gasteiger partial charge on any atom is -0.478 e. The Labute approximate surface area is 168 Å². The highest BCUT2D eigenvalue weighted by atomic mass is 19.4. The predicted molar refractivity (Wildman–Crippen MR) is 102 cm³/mol. The molecule has 1 N–H and O–H groups in total. The maximum Gasteiger partial charge on any atom is 0.573 e. The number of ether oxygens (including phenoxy) is 1. The maximum atomic E-state index is 14.6. The number of alkyl halides is 3. The molecule has 0 amide bonds. The number of aromatic carboxylic acids is 1. The van der Waals surface area contributed by atoms with E-state index in [2.05, 4.69) is 9.84 Å². The minimum absolute atomic E-state index is 0.0532. The number of carbonyl (C=O) groups is 1. The molecular weight excluding hydrogens is 404 g/mol. The molecule has 2 aromatic carbocycles. The molecule has 0 radical (unpaired) electrons. The van der Waals surface area contributed by atoms with E-state index < -0.39 is 23.9 Å². The molecule has 3 rings (SSSR count). The highest BCUT2D eigenvalue weighted by Crippen LogP contribution is 2.25. The molecule has 156 valence electrons. The lowest BCUT2D eigenvalue weighted by Gasteiger charge is -2.08. The fourth-order valence-electron chi connectivity index (χ4n) is 2.75. The first-order valence-electron chi connectivity index (χ1n) is 8.71. The van der Waals surface area contributed by atoms with Crippen LogP contribution >= 0.6 is 0 Å². The molecule has 1 aromatic heterocycles. The topological polar surface area (TPSA) is 64.4 Å². The fraction of sp³-hybridized carbons (Fsp3) is 0.143. The predicted octanol–water partition coefficient (Wildman–Crippen LogP) is 5.30. The average Bonchev–Trinajstić information content (AvgIpc) is 3.03. The molecule has 9 heteroatoms. The van der Waals surface area contributed by atoms with E-state index in [1.165, 1.54) is 35.0 Å². The number of nitrogens with zero attached hydrogens (tertiary/aromatic N) is 2. The van der Waals surface area contributed by atoms with Crippen LogP contribution in [0.1, 0.15) is 32.9 Å². The van der Waals surface area contributed by atoms with Gasteiger partial charge in [0, 0.05) is 5.69 Å². The molecule has 0 spiro atoms. The second-order valence-corrected chi connectivity index (χ2v) is 6.44. The summed E-state index contributed by atoms with van der Waals surface area (Å²) in [6.07, 6.45) is -3.65. The Morgan fingerprint density at radius 1 is 1.17 bits per heavy atom. The lowest BCUT2D eigenvalue weighted by molar-refractivity contribution is -0.274. The van der Waals surface area contributed by atoms with Crippen LogP contribution in [0.3, 0.4) is 0 Å². The molecule has 3 aromatic rings. The van der Waals surface area contributed by atoms with E-state index in [0.717, 1.165) is 18.2 Å². The van der Waals surface area contributed by atoms with E-state index in [1.54, 1.807) is 19.1 Å². The van der Waals surface area contributed by atoms with Crippen LogP contribution in [-0.2, 0) is 6.54 Å². The minimum atomic E-state index is -4.79. The van der Waals surface area contributed by atoms with E-state index >= 15 is 0 Å². The highest BCUT2D eigenvalue weighted by molar-refractivity contribution is 5.87. The number of hydrogen-bond acceptors (Lipinski definition) is 3. The van der Waals surface area contributed by atoms with E-state index in [9.17, 15) is 22.4 Å². The molecule has 0 fully saturated rings. The van der Waals surface area contributed by atoms with Gasteiger partial charge in [-0.3, -0.25) is 4.68 Å². The van der Waals surface area contributed by atoms with Crippen LogP contribution < -0.4 is 4.74 Å². The summed E-state index contributed by atoms with van der Waals surface area (Å²) in [5, 5.41) is 13.3. The average molecular weight is 420 g/mol. The largest absolute Gasteiger partial charge is 0.573 e. The third kappa shape index (κ3) is 5.47. The Kier molecular flexibility index (Phi) is 5.91. The lowest BCUT2D eigenvalue weighted by atomic mass is 10.1. The SMILES string of the molecule is Cc1cc(C(F)=Cc2ccc(OC(F)(F)F)cc2)nn1Cc1cccc(C(=O)O)c1. The van der Waals surface area contributed by atoms with Gasteiger partial charge in [-0.2, -0.15) is 5.10 Å². The summed E-state index contributed by atoms with van der Waals surface area (Å²) in [6, 6.07) is 12.6. The van der Waals surface area contributed by atoms with Gasteiger partial charge in [-0.25, -0.2) is 9.18 Å². The molecule has 0 saturated heterocycles. The Hall–Kier alpha value is -3.62. The van der Waals surface area contributed by atoms with Crippen molar-refractivity contribution in [3.05, 3.63) is 82.7 Å². The number of aryl methyl sites for hydroxylation is 1. The van der Waals surface area contributed by atoms with Gasteiger partial charge >= 0.3 is 12.3 Å². The second-order valence-electron chi connectivity index (χ2n) is 6.44. The number of hydrogen-bond donors (Lipinski definition) is 1. The summed E-state index contributed by atoms with van der Waals surface area (Å²) >= 11 is 0. The van der Waals surface area contributed by atoms with Crippen LogP contribution in [0.2, 0.25) is 0 Å². The molecule has 0 aliphatic carbocycles. The quantitative estimate of drug-likeness (QED) is 0.550. The van der Waals surface area contributed by atoms with Crippen molar-refractivity contribution in [3.63, 3.8) is 0 Å². The maximum absolute atomic E-state index is 14.6. The second kappa shape index (κ2) is 8.40. The molecule has 0 unspecified atom stereocenters. The van der Waals surface area contributed by atoms with Crippen molar-refractivity contribution < 1.29 is 32.2 Å². The number of halogens is 4. The van der Waals surface area contributed by atoms with Crippen LogP contribution in [0.15, 0.2) is 54.6 Å². The molecule has 1 heterocycles. The van der Waals surface area contributed by atoms with Gasteiger partial charge in [0.15, 0.2) is 5.83 Å². The zero-order chi connectivity index (χ0) is 21.9. The van der Waals surface area contributed by atoms with E-state index in [1.807, 2.05) is 0 Å². The first kappa shape index (κ1) is 21.1. The third-order valence-corrected chi connectivity index (χ3v) is 4.14. The Morgan fingerprint density at radius 2 is 1.87 bits per heavy atom. The summed E-state index contributed by atoms with van der Waals surface area (Å²) in [5.74, 6) is -2.11. The van der Waals surface area contributed by atoms with Crippen molar-refractivity contribution in [2.45, 2.75) is 19.8 Å². The van der Waals surface area contributed by atoms with Gasteiger partial charge in [0.2, 0.25) is 0 Å². The van der Waals surface area contributed by atoms with Crippen molar-refractivity contribution in [2.75, 3.05) is 0 Å². The van der Waals surface area contributed by atoms with Gasteiger partial charge in [0.05, 0.1) is 12.1 Å². The zero-order valence-corrected chi connectivity index (χ0v) is 15.7. The highest BCUT2D eigenvalue weighted by Gasteiger charge is 2.30. The van der Waals surface area contributed by atoms with Crippen LogP contribution in [-0.4, -0.2) is 27.2 Å². The molecule has 5 nitrogen and oxygen atoms in total. The molecule has 30 heavy (non-hydrogen) atoms. The molecule has 0 bridgehead atoms. The summed E-state index contributed by atoms with van der Waals surface area (Å²) in [4.78, 5) is 11.1. The zero-order valence-electron chi connectivity index (χ0n) is 15.7. The van der Waals surface area contributed by atoms with Crippen LogP contribution in [0.5, 0.6) is 5.75 Å². The Balaban J connectivity index is 1.77. The summed E-state index contributed by atoms with van der Waals surface area (Å²) < 4.78 is 56.5. The van der Waals surface area contributed by atoms with Gasteiger partial charge in [-0.1, -0.05) is 24.3 Å². The van der Waals surface area contributed by atoms with Gasteiger partial charge < -0.3 is 9.84 Å². The number of benzene rings is 2. The summed E-state index contributed by atoms with van der Waals surface area (Å²) in [6.45, 7) is 1.98. The normalized spacial score (nSPS) is 12.1. The Bertz CT molecular complexity index is 1090. The molecule has 0 saturated carbocycles. The van der Waals surface area contributed by atoms with E-state index in [-0.39, 0.29) is 17.8 Å². The molecule has 0 aliphatic heterocycles. The van der Waals surface area contributed by atoms with Crippen LogP contribution in [0, 0.1) is 6.92 Å². The number of carboxylic acids is 1. The third-order valence-electron chi connectivity index (χ3n) is 4.14. The van der Waals surface area contributed by atoms with Gasteiger partial charge in [-0.05, 0) is 54.5 Å². The van der Waals surface area contributed by atoms with Crippen LogP contribution in [0.4, 0.5) is 17.6 Å². The number of carboxylic acid groups (broad SMARTS) is 1. The van der Waals surface area contributed by atoms with Crippen LogP contribution in [0.25, 0.3) is 11.9 Å². The van der Waals surface area contributed by atoms with E-state index in [4.69, 9.17) is 5.11 Å². The van der Waals surface area contributed by atoms with Crippen molar-refractivity contribution in [2.24, 2.45) is 0 Å². The molecule has 0 atom stereocenters. The number of aromatic nitrogens is 2. The smallest absolute Gasteiger partial charge is 0.478 e. The summed E-state index contributed by atoms with van der Waals surface area (Å²) in [7, 11) is 0. The summed E-state index contributed by atoms with van der Waals surface area (Å²) in [5.41, 5.74) is 1.88.